The van der Waals surface area contributed by atoms with E-state index >= 15 is 0 Å². The summed E-state index contributed by atoms with van der Waals surface area (Å²) in [5, 5.41) is 8.63. The van der Waals surface area contributed by atoms with E-state index in [1.54, 1.807) is 19.4 Å². The Balaban J connectivity index is 2.98. The molecule has 0 radical (unpaired) electrons. The number of aliphatic carboxylic acids is 1. The zero-order valence-electron chi connectivity index (χ0n) is 12.5. The fourth-order valence-electron chi connectivity index (χ4n) is 2.15. The number of pyridine rings is 1. The largest absolute Gasteiger partial charge is 0.478 e. The van der Waals surface area contributed by atoms with Gasteiger partial charge in [-0.15, -0.1) is 0 Å². The number of likely N-dealkylation sites (N-methyl/N-ethyl adjacent to an activating group) is 1. The number of rotatable bonds is 7. The molecule has 0 fully saturated rings. The Labute approximate surface area is 119 Å². The molecular formula is C15H22N2O3. The molecule has 0 bridgehead atoms. The topological polar surface area (TPSA) is 62.7 Å². The second kappa shape index (κ2) is 7.65. The predicted molar refractivity (Wildman–Crippen MR) is 80.0 cm³/mol. The number of ether oxygens (including phenoxy) is 1. The molecule has 5 nitrogen and oxygen atoms in total. The van der Waals surface area contributed by atoms with Crippen molar-refractivity contribution in [1.29, 1.82) is 0 Å². The molecule has 1 aromatic heterocycles. The summed E-state index contributed by atoms with van der Waals surface area (Å²) in [5.74, 6) is -0.0554. The molecule has 110 valence electrons. The first-order valence-electron chi connectivity index (χ1n) is 6.62. The molecular weight excluding hydrogens is 256 g/mol. The number of aromatic nitrogens is 1. The zero-order valence-corrected chi connectivity index (χ0v) is 12.5. The van der Waals surface area contributed by atoms with Gasteiger partial charge in [0.15, 0.2) is 0 Å². The van der Waals surface area contributed by atoms with Crippen LogP contribution >= 0.6 is 0 Å². The van der Waals surface area contributed by atoms with Gasteiger partial charge in [-0.2, -0.15) is 0 Å². The molecule has 1 rings (SSSR count). The maximum Gasteiger partial charge on any atom is 0.328 e. The number of carbonyl (C=O) groups is 1. The van der Waals surface area contributed by atoms with Gasteiger partial charge in [-0.05, 0) is 44.0 Å². The van der Waals surface area contributed by atoms with Gasteiger partial charge in [-0.1, -0.05) is 0 Å². The van der Waals surface area contributed by atoms with Crippen LogP contribution in [0.5, 0.6) is 0 Å². The second-order valence-corrected chi connectivity index (χ2v) is 4.67. The molecule has 0 amide bonds. The Morgan fingerprint density at radius 1 is 1.60 bits per heavy atom. The van der Waals surface area contributed by atoms with Gasteiger partial charge >= 0.3 is 5.97 Å². The number of nitrogens with zero attached hydrogens (tertiary/aromatic N) is 2. The molecule has 0 saturated carbocycles. The minimum atomic E-state index is -0.962. The highest BCUT2D eigenvalue weighted by atomic mass is 16.5. The van der Waals surface area contributed by atoms with E-state index in [1.807, 2.05) is 13.0 Å². The SMILES string of the molecule is CCN(c1ncc(/C=C/C(=O)O)cc1C)C(C)COC. The summed E-state index contributed by atoms with van der Waals surface area (Å²) in [4.78, 5) is 17.1. The van der Waals surface area contributed by atoms with E-state index in [4.69, 9.17) is 9.84 Å². The Hall–Kier alpha value is -1.88. The molecule has 0 aliphatic carbocycles. The van der Waals surface area contributed by atoms with Crippen molar-refractivity contribution < 1.29 is 14.6 Å². The highest BCUT2D eigenvalue weighted by Crippen LogP contribution is 2.20. The summed E-state index contributed by atoms with van der Waals surface area (Å²) in [6, 6.07) is 2.17. The molecule has 0 saturated heterocycles. The fourth-order valence-corrected chi connectivity index (χ4v) is 2.15. The molecule has 20 heavy (non-hydrogen) atoms. The van der Waals surface area contributed by atoms with Crippen molar-refractivity contribution in [3.05, 3.63) is 29.5 Å². The van der Waals surface area contributed by atoms with Gasteiger partial charge in [-0.25, -0.2) is 9.78 Å². The lowest BCUT2D eigenvalue weighted by Gasteiger charge is -2.30. The quantitative estimate of drug-likeness (QED) is 0.776. The number of carboxylic acid groups (broad SMARTS) is 1. The first-order chi connectivity index (χ1) is 9.49. The summed E-state index contributed by atoms with van der Waals surface area (Å²) in [5.41, 5.74) is 1.80. The third kappa shape index (κ3) is 4.35. The molecule has 1 unspecified atom stereocenters. The summed E-state index contributed by atoms with van der Waals surface area (Å²) in [7, 11) is 1.68. The number of methoxy groups -OCH3 is 1. The Morgan fingerprint density at radius 3 is 2.80 bits per heavy atom. The monoisotopic (exact) mass is 278 g/mol. The van der Waals surface area contributed by atoms with E-state index < -0.39 is 5.97 Å². The minimum absolute atomic E-state index is 0.233. The second-order valence-electron chi connectivity index (χ2n) is 4.67. The van der Waals surface area contributed by atoms with Crippen molar-refractivity contribution in [1.82, 2.24) is 4.98 Å². The van der Waals surface area contributed by atoms with Gasteiger partial charge in [0.25, 0.3) is 0 Å². The Kier molecular flexibility index (Phi) is 6.18. The minimum Gasteiger partial charge on any atom is -0.478 e. The fraction of sp³-hybridized carbons (Fsp3) is 0.467. The van der Waals surface area contributed by atoms with E-state index in [0.717, 1.165) is 29.6 Å². The van der Waals surface area contributed by atoms with Gasteiger partial charge in [0.1, 0.15) is 5.82 Å². The maximum atomic E-state index is 10.5. The molecule has 0 aliphatic heterocycles. The van der Waals surface area contributed by atoms with Crippen molar-refractivity contribution in [3.63, 3.8) is 0 Å². The van der Waals surface area contributed by atoms with Crippen LogP contribution in [0.25, 0.3) is 6.08 Å². The van der Waals surface area contributed by atoms with Gasteiger partial charge < -0.3 is 14.7 Å². The third-order valence-corrected chi connectivity index (χ3v) is 3.04. The summed E-state index contributed by atoms with van der Waals surface area (Å²) < 4.78 is 5.19. The molecule has 0 aromatic carbocycles. The predicted octanol–water partition coefficient (Wildman–Crippen LogP) is 2.35. The molecule has 1 heterocycles. The highest BCUT2D eigenvalue weighted by Gasteiger charge is 2.15. The maximum absolute atomic E-state index is 10.5. The first-order valence-corrected chi connectivity index (χ1v) is 6.62. The van der Waals surface area contributed by atoms with Crippen molar-refractivity contribution in [3.8, 4) is 0 Å². The van der Waals surface area contributed by atoms with E-state index in [2.05, 4.69) is 23.7 Å². The normalized spacial score (nSPS) is 12.6. The van der Waals surface area contributed by atoms with Crippen LogP contribution in [0.3, 0.4) is 0 Å². The molecule has 1 N–H and O–H groups in total. The average Bonchev–Trinajstić information content (AvgIpc) is 2.39. The van der Waals surface area contributed by atoms with Crippen LogP contribution in [0, 0.1) is 6.92 Å². The van der Waals surface area contributed by atoms with Crippen LogP contribution < -0.4 is 4.90 Å². The van der Waals surface area contributed by atoms with E-state index in [1.165, 1.54) is 0 Å². The van der Waals surface area contributed by atoms with Crippen molar-refractivity contribution >= 4 is 17.9 Å². The van der Waals surface area contributed by atoms with Crippen LogP contribution in [0.15, 0.2) is 18.3 Å². The van der Waals surface area contributed by atoms with Crippen LogP contribution in [-0.4, -0.2) is 42.4 Å². The lowest BCUT2D eigenvalue weighted by molar-refractivity contribution is -0.131. The van der Waals surface area contributed by atoms with E-state index in [9.17, 15) is 4.79 Å². The van der Waals surface area contributed by atoms with Gasteiger partial charge in [0.2, 0.25) is 0 Å². The van der Waals surface area contributed by atoms with Crippen LogP contribution in [0.1, 0.15) is 25.0 Å². The summed E-state index contributed by atoms with van der Waals surface area (Å²) >= 11 is 0. The molecule has 0 aliphatic rings. The van der Waals surface area contributed by atoms with E-state index in [0.29, 0.717) is 6.61 Å². The Morgan fingerprint density at radius 2 is 2.30 bits per heavy atom. The summed E-state index contributed by atoms with van der Waals surface area (Å²) in [6.07, 6.45) is 4.34. The lowest BCUT2D eigenvalue weighted by Crippen LogP contribution is -2.37. The number of hydrogen-bond acceptors (Lipinski definition) is 4. The lowest BCUT2D eigenvalue weighted by atomic mass is 10.1. The van der Waals surface area contributed by atoms with E-state index in [-0.39, 0.29) is 6.04 Å². The number of anilines is 1. The summed E-state index contributed by atoms with van der Waals surface area (Å²) in [6.45, 7) is 7.61. The van der Waals surface area contributed by atoms with Gasteiger partial charge in [-0.3, -0.25) is 0 Å². The average molecular weight is 278 g/mol. The highest BCUT2D eigenvalue weighted by molar-refractivity contribution is 5.85. The van der Waals surface area contributed by atoms with Crippen LogP contribution in [0.4, 0.5) is 5.82 Å². The number of carboxylic acids is 1. The molecule has 0 spiro atoms. The van der Waals surface area contributed by atoms with Crippen molar-refractivity contribution in [2.45, 2.75) is 26.8 Å². The number of hydrogen-bond donors (Lipinski definition) is 1. The zero-order chi connectivity index (χ0) is 15.1. The smallest absolute Gasteiger partial charge is 0.328 e. The molecule has 5 heteroatoms. The third-order valence-electron chi connectivity index (χ3n) is 3.04. The molecule has 1 aromatic rings. The first kappa shape index (κ1) is 16.2. The number of aryl methyl sites for hydroxylation is 1. The Bertz CT molecular complexity index is 486. The van der Waals surface area contributed by atoms with Gasteiger partial charge in [0, 0.05) is 25.9 Å². The molecule has 1 atom stereocenters. The van der Waals surface area contributed by atoms with Crippen molar-refractivity contribution in [2.24, 2.45) is 0 Å². The van der Waals surface area contributed by atoms with Gasteiger partial charge in [0.05, 0.1) is 12.6 Å². The van der Waals surface area contributed by atoms with Crippen LogP contribution in [-0.2, 0) is 9.53 Å². The standard InChI is InChI=1S/C15H22N2O3/c1-5-17(12(3)10-20-4)15-11(2)8-13(9-16-15)6-7-14(18)19/h6-9,12H,5,10H2,1-4H3,(H,18,19)/b7-6+. The van der Waals surface area contributed by atoms with Crippen LogP contribution in [0.2, 0.25) is 0 Å². The van der Waals surface area contributed by atoms with Crippen molar-refractivity contribution in [2.75, 3.05) is 25.2 Å².